The maximum Gasteiger partial charge on any atom is 0.122 e. The molecule has 1 heterocycles. The van der Waals surface area contributed by atoms with Crippen LogP contribution in [-0.4, -0.2) is 12.0 Å². The number of pyridine rings is 1. The van der Waals surface area contributed by atoms with E-state index in [0.717, 1.165) is 39.4 Å². The van der Waals surface area contributed by atoms with Gasteiger partial charge in [-0.05, 0) is 61.4 Å². The van der Waals surface area contributed by atoms with Crippen LogP contribution < -0.4 is 15.6 Å². The highest BCUT2D eigenvalue weighted by Crippen LogP contribution is 2.28. The van der Waals surface area contributed by atoms with E-state index in [0.29, 0.717) is 6.61 Å². The molecule has 4 nitrogen and oxygen atoms in total. The molecule has 0 aliphatic rings. The highest BCUT2D eigenvalue weighted by molar-refractivity contribution is 5.62. The topological polar surface area (TPSA) is 51.4 Å². The Hall–Kier alpha value is -2.85. The van der Waals surface area contributed by atoms with E-state index in [-0.39, 0.29) is 0 Å². The Morgan fingerprint density at radius 2 is 1.84 bits per heavy atom. The highest BCUT2D eigenvalue weighted by atomic mass is 16.5. The van der Waals surface area contributed by atoms with Gasteiger partial charge in [0, 0.05) is 24.4 Å². The number of anilines is 1. The van der Waals surface area contributed by atoms with Crippen molar-refractivity contribution < 1.29 is 4.74 Å². The van der Waals surface area contributed by atoms with Gasteiger partial charge in [-0.3, -0.25) is 4.98 Å². The predicted molar refractivity (Wildman–Crippen MR) is 103 cm³/mol. The van der Waals surface area contributed by atoms with Gasteiger partial charge in [0.2, 0.25) is 0 Å². The smallest absolute Gasteiger partial charge is 0.122 e. The third kappa shape index (κ3) is 3.80. The fourth-order valence-electron chi connectivity index (χ4n) is 2.86. The number of benzene rings is 2. The lowest BCUT2D eigenvalue weighted by atomic mass is 10.1. The predicted octanol–water partition coefficient (Wildman–Crippen LogP) is 4.25. The summed E-state index contributed by atoms with van der Waals surface area (Å²) >= 11 is 0. The number of nitrogens with two attached hydrogens (primary N) is 1. The Kier molecular flexibility index (Phi) is 5.00. The van der Waals surface area contributed by atoms with Crippen LogP contribution in [0.2, 0.25) is 0 Å². The van der Waals surface area contributed by atoms with E-state index in [1.54, 1.807) is 11.2 Å². The molecule has 1 aromatic heterocycles. The summed E-state index contributed by atoms with van der Waals surface area (Å²) in [6.07, 6.45) is 1.80. The van der Waals surface area contributed by atoms with Crippen molar-refractivity contribution in [3.63, 3.8) is 0 Å². The SMILES string of the molecule is Cc1cc(-c2ccccn2)ccc1OCc1c(C)cccc1N(C)N. The average Bonchev–Trinajstić information content (AvgIpc) is 2.62. The minimum Gasteiger partial charge on any atom is -0.489 e. The van der Waals surface area contributed by atoms with Crippen LogP contribution in [0.1, 0.15) is 16.7 Å². The van der Waals surface area contributed by atoms with Gasteiger partial charge in [-0.1, -0.05) is 18.2 Å². The maximum atomic E-state index is 6.08. The molecule has 0 fully saturated rings. The van der Waals surface area contributed by atoms with E-state index in [1.807, 2.05) is 49.5 Å². The zero-order valence-electron chi connectivity index (χ0n) is 14.9. The minimum absolute atomic E-state index is 0.479. The second-order valence-corrected chi connectivity index (χ2v) is 6.17. The number of hydrazine groups is 1. The van der Waals surface area contributed by atoms with Crippen molar-refractivity contribution in [3.05, 3.63) is 77.5 Å². The normalized spacial score (nSPS) is 10.6. The lowest BCUT2D eigenvalue weighted by Gasteiger charge is -2.19. The first-order valence-electron chi connectivity index (χ1n) is 8.28. The van der Waals surface area contributed by atoms with Gasteiger partial charge >= 0.3 is 0 Å². The largest absolute Gasteiger partial charge is 0.489 e. The number of rotatable bonds is 5. The molecule has 4 heteroatoms. The molecule has 2 aromatic carbocycles. The van der Waals surface area contributed by atoms with Crippen molar-refractivity contribution in [3.8, 4) is 17.0 Å². The summed E-state index contributed by atoms with van der Waals surface area (Å²) in [5.74, 6) is 6.81. The van der Waals surface area contributed by atoms with Crippen molar-refractivity contribution in [1.82, 2.24) is 4.98 Å². The van der Waals surface area contributed by atoms with E-state index in [9.17, 15) is 0 Å². The molecule has 0 atom stereocenters. The number of nitrogens with zero attached hydrogens (tertiary/aromatic N) is 2. The summed E-state index contributed by atoms with van der Waals surface area (Å²) < 4.78 is 6.08. The van der Waals surface area contributed by atoms with Crippen molar-refractivity contribution in [2.45, 2.75) is 20.5 Å². The van der Waals surface area contributed by atoms with Crippen LogP contribution in [-0.2, 0) is 6.61 Å². The Balaban J connectivity index is 1.81. The van der Waals surface area contributed by atoms with Crippen LogP contribution in [0.25, 0.3) is 11.3 Å². The summed E-state index contributed by atoms with van der Waals surface area (Å²) in [5, 5.41) is 1.63. The Bertz CT molecular complexity index is 860. The molecule has 128 valence electrons. The second kappa shape index (κ2) is 7.36. The first kappa shape index (κ1) is 17.0. The summed E-state index contributed by atoms with van der Waals surface area (Å²) in [4.78, 5) is 4.40. The van der Waals surface area contributed by atoms with E-state index in [2.05, 4.69) is 31.0 Å². The minimum atomic E-state index is 0.479. The molecule has 0 unspecified atom stereocenters. The number of hydrogen-bond donors (Lipinski definition) is 1. The maximum absolute atomic E-state index is 6.08. The zero-order chi connectivity index (χ0) is 17.8. The van der Waals surface area contributed by atoms with E-state index >= 15 is 0 Å². The third-order valence-electron chi connectivity index (χ3n) is 4.27. The fraction of sp³-hybridized carbons (Fsp3) is 0.190. The van der Waals surface area contributed by atoms with Crippen molar-refractivity contribution in [1.29, 1.82) is 0 Å². The van der Waals surface area contributed by atoms with Gasteiger partial charge in [0.15, 0.2) is 0 Å². The highest BCUT2D eigenvalue weighted by Gasteiger charge is 2.10. The summed E-state index contributed by atoms with van der Waals surface area (Å²) in [6.45, 7) is 4.60. The van der Waals surface area contributed by atoms with Gasteiger partial charge in [0.05, 0.1) is 11.4 Å². The van der Waals surface area contributed by atoms with Crippen molar-refractivity contribution in [2.75, 3.05) is 12.1 Å². The molecule has 0 radical (unpaired) electrons. The van der Waals surface area contributed by atoms with Gasteiger partial charge in [0.25, 0.3) is 0 Å². The number of ether oxygens (including phenoxy) is 1. The van der Waals surface area contributed by atoms with Gasteiger partial charge in [0.1, 0.15) is 12.4 Å². The lowest BCUT2D eigenvalue weighted by Crippen LogP contribution is -2.26. The molecule has 0 aliphatic heterocycles. The average molecular weight is 333 g/mol. The quantitative estimate of drug-likeness (QED) is 0.560. The number of aryl methyl sites for hydroxylation is 2. The van der Waals surface area contributed by atoms with E-state index in [1.165, 1.54) is 0 Å². The van der Waals surface area contributed by atoms with E-state index in [4.69, 9.17) is 10.6 Å². The molecule has 3 aromatic rings. The molecule has 3 rings (SSSR count). The fourth-order valence-corrected chi connectivity index (χ4v) is 2.86. The van der Waals surface area contributed by atoms with Crippen LogP contribution in [0, 0.1) is 13.8 Å². The van der Waals surface area contributed by atoms with Gasteiger partial charge in [-0.15, -0.1) is 0 Å². The Labute approximate surface area is 148 Å². The molecule has 0 spiro atoms. The monoisotopic (exact) mass is 333 g/mol. The second-order valence-electron chi connectivity index (χ2n) is 6.17. The third-order valence-corrected chi connectivity index (χ3v) is 4.27. The summed E-state index contributed by atoms with van der Waals surface area (Å²) in [5.41, 5.74) is 6.37. The Morgan fingerprint density at radius 3 is 2.52 bits per heavy atom. The van der Waals surface area contributed by atoms with Gasteiger partial charge < -0.3 is 9.75 Å². The first-order chi connectivity index (χ1) is 12.1. The number of aromatic nitrogens is 1. The first-order valence-corrected chi connectivity index (χ1v) is 8.28. The summed E-state index contributed by atoms with van der Waals surface area (Å²) in [7, 11) is 1.84. The molecule has 0 saturated carbocycles. The summed E-state index contributed by atoms with van der Waals surface area (Å²) in [6, 6.07) is 18.1. The Morgan fingerprint density at radius 1 is 1.00 bits per heavy atom. The van der Waals surface area contributed by atoms with Crippen LogP contribution in [0.15, 0.2) is 60.8 Å². The van der Waals surface area contributed by atoms with Gasteiger partial charge in [-0.2, -0.15) is 0 Å². The molecular weight excluding hydrogens is 310 g/mol. The van der Waals surface area contributed by atoms with Crippen LogP contribution in [0.3, 0.4) is 0 Å². The molecule has 0 bridgehead atoms. The standard InChI is InChI=1S/C21H23N3O/c1-15-7-6-9-20(24(3)22)18(15)14-25-21-11-10-17(13-16(21)2)19-8-4-5-12-23-19/h4-13H,14,22H2,1-3H3. The molecule has 2 N–H and O–H groups in total. The number of hydrogen-bond acceptors (Lipinski definition) is 4. The van der Waals surface area contributed by atoms with E-state index < -0.39 is 0 Å². The lowest BCUT2D eigenvalue weighted by molar-refractivity contribution is 0.303. The molecule has 0 amide bonds. The molecule has 0 saturated heterocycles. The van der Waals surface area contributed by atoms with Crippen LogP contribution in [0.5, 0.6) is 5.75 Å². The van der Waals surface area contributed by atoms with Crippen molar-refractivity contribution >= 4 is 5.69 Å². The molecular formula is C21H23N3O. The molecule has 25 heavy (non-hydrogen) atoms. The van der Waals surface area contributed by atoms with Gasteiger partial charge in [-0.25, -0.2) is 5.84 Å². The van der Waals surface area contributed by atoms with Crippen molar-refractivity contribution in [2.24, 2.45) is 5.84 Å². The van der Waals surface area contributed by atoms with Crippen LogP contribution in [0.4, 0.5) is 5.69 Å². The zero-order valence-corrected chi connectivity index (χ0v) is 14.9. The molecule has 0 aliphatic carbocycles. The van der Waals surface area contributed by atoms with Crippen LogP contribution >= 0.6 is 0 Å².